The summed E-state index contributed by atoms with van der Waals surface area (Å²) in [6.45, 7) is 0. The normalized spacial score (nSPS) is 10.2. The van der Waals surface area contributed by atoms with E-state index in [0.29, 0.717) is 4.47 Å². The van der Waals surface area contributed by atoms with Crippen molar-refractivity contribution in [1.29, 1.82) is 0 Å². The number of hydrogen-bond donors (Lipinski definition) is 1. The summed E-state index contributed by atoms with van der Waals surface area (Å²) < 4.78 is 19.1. The molecule has 2 rings (SSSR count). The van der Waals surface area contributed by atoms with Crippen molar-refractivity contribution in [2.45, 2.75) is 0 Å². The van der Waals surface area contributed by atoms with Crippen molar-refractivity contribution < 1.29 is 24.0 Å². The van der Waals surface area contributed by atoms with Crippen molar-refractivity contribution in [1.82, 2.24) is 4.98 Å². The molecule has 0 saturated heterocycles. The second-order valence-electron chi connectivity index (χ2n) is 3.76. The lowest BCUT2D eigenvalue weighted by Crippen LogP contribution is -2.04. The first kappa shape index (κ1) is 14.9. The number of carboxylic acids is 1. The topological polar surface area (TPSA) is 103 Å². The van der Waals surface area contributed by atoms with Gasteiger partial charge in [0, 0.05) is 10.5 Å². The van der Waals surface area contributed by atoms with Gasteiger partial charge in [-0.1, -0.05) is 15.9 Å². The molecule has 0 unspecified atom stereocenters. The Morgan fingerprint density at radius 2 is 2.10 bits per heavy atom. The van der Waals surface area contributed by atoms with E-state index >= 15 is 0 Å². The second-order valence-corrected chi connectivity index (χ2v) is 4.68. The zero-order chi connectivity index (χ0) is 15.6. The molecule has 9 heteroatoms. The van der Waals surface area contributed by atoms with Gasteiger partial charge in [0.05, 0.1) is 4.92 Å². The van der Waals surface area contributed by atoms with Gasteiger partial charge in [0.15, 0.2) is 17.3 Å². The van der Waals surface area contributed by atoms with Crippen LogP contribution in [0.25, 0.3) is 0 Å². The fourth-order valence-electron chi connectivity index (χ4n) is 1.43. The predicted octanol–water partition coefficient (Wildman–Crippen LogP) is 3.38. The van der Waals surface area contributed by atoms with Gasteiger partial charge in [0.1, 0.15) is 0 Å². The maximum absolute atomic E-state index is 13.6. The maximum Gasteiger partial charge on any atom is 0.354 e. The molecule has 0 spiro atoms. The van der Waals surface area contributed by atoms with E-state index in [0.717, 1.165) is 18.2 Å². The molecule has 2 aromatic rings. The number of pyridine rings is 1. The molecule has 0 atom stereocenters. The molecule has 0 aliphatic heterocycles. The Hall–Kier alpha value is -2.55. The van der Waals surface area contributed by atoms with Gasteiger partial charge in [-0.25, -0.2) is 9.18 Å². The van der Waals surface area contributed by atoms with E-state index in [1.807, 2.05) is 0 Å². The molecule has 108 valence electrons. The van der Waals surface area contributed by atoms with Gasteiger partial charge in [-0.3, -0.25) is 10.1 Å². The number of hydrogen-bond acceptors (Lipinski definition) is 5. The number of nitrogens with zero attached hydrogens (tertiary/aromatic N) is 2. The van der Waals surface area contributed by atoms with Gasteiger partial charge in [0.2, 0.25) is 0 Å². The van der Waals surface area contributed by atoms with Gasteiger partial charge in [0.25, 0.3) is 0 Å². The van der Waals surface area contributed by atoms with Gasteiger partial charge < -0.3 is 9.84 Å². The average molecular weight is 357 g/mol. The zero-order valence-corrected chi connectivity index (χ0v) is 11.7. The third-order valence-corrected chi connectivity index (χ3v) is 2.85. The number of carboxylic acid groups (broad SMARTS) is 1. The van der Waals surface area contributed by atoms with Crippen molar-refractivity contribution in [3.05, 3.63) is 56.4 Å². The summed E-state index contributed by atoms with van der Waals surface area (Å²) in [6, 6.07) is 5.64. The Morgan fingerprint density at radius 3 is 2.71 bits per heavy atom. The number of aromatic carboxylic acids is 1. The monoisotopic (exact) mass is 356 g/mol. The Morgan fingerprint density at radius 1 is 1.38 bits per heavy atom. The molecule has 1 heterocycles. The maximum atomic E-state index is 13.6. The van der Waals surface area contributed by atoms with Crippen LogP contribution >= 0.6 is 15.9 Å². The quantitative estimate of drug-likeness (QED) is 0.665. The molecule has 0 aliphatic rings. The van der Waals surface area contributed by atoms with E-state index in [4.69, 9.17) is 9.84 Å². The van der Waals surface area contributed by atoms with Gasteiger partial charge in [-0.15, -0.1) is 0 Å². The van der Waals surface area contributed by atoms with E-state index in [-0.39, 0.29) is 5.75 Å². The van der Waals surface area contributed by atoms with Crippen LogP contribution in [0.5, 0.6) is 11.6 Å². The van der Waals surface area contributed by atoms with Crippen LogP contribution in [0.2, 0.25) is 0 Å². The molecular formula is C12H6BrFN2O5. The highest BCUT2D eigenvalue weighted by atomic mass is 79.9. The van der Waals surface area contributed by atoms with Crippen molar-refractivity contribution in [2.24, 2.45) is 0 Å². The van der Waals surface area contributed by atoms with Crippen molar-refractivity contribution in [2.75, 3.05) is 0 Å². The molecular weight excluding hydrogens is 351 g/mol. The van der Waals surface area contributed by atoms with Crippen LogP contribution in [0.4, 0.5) is 10.1 Å². The van der Waals surface area contributed by atoms with Gasteiger partial charge in [-0.05, 0) is 24.3 Å². The van der Waals surface area contributed by atoms with Crippen LogP contribution in [-0.4, -0.2) is 21.0 Å². The van der Waals surface area contributed by atoms with Crippen molar-refractivity contribution in [3.8, 4) is 11.6 Å². The minimum atomic E-state index is -1.38. The molecule has 0 saturated carbocycles. The molecule has 0 radical (unpaired) electrons. The average Bonchev–Trinajstić information content (AvgIpc) is 2.42. The van der Waals surface area contributed by atoms with E-state index in [1.54, 1.807) is 0 Å². The molecule has 0 aliphatic carbocycles. The first-order valence-corrected chi connectivity index (χ1v) is 6.19. The van der Waals surface area contributed by atoms with E-state index in [9.17, 15) is 19.3 Å². The number of carbonyl (C=O) groups is 1. The third-order valence-electron chi connectivity index (χ3n) is 2.36. The van der Waals surface area contributed by atoms with Crippen LogP contribution in [0.15, 0.2) is 34.8 Å². The van der Waals surface area contributed by atoms with E-state index < -0.39 is 34.0 Å². The minimum Gasteiger partial charge on any atom is -0.477 e. The first-order valence-electron chi connectivity index (χ1n) is 5.40. The van der Waals surface area contributed by atoms with Gasteiger partial charge in [-0.2, -0.15) is 4.98 Å². The van der Waals surface area contributed by atoms with Crippen LogP contribution < -0.4 is 4.74 Å². The zero-order valence-electron chi connectivity index (χ0n) is 10.1. The Kier molecular flexibility index (Phi) is 4.13. The second kappa shape index (κ2) is 5.83. The fraction of sp³-hybridized carbons (Fsp3) is 0. The Labute approximate surface area is 125 Å². The highest BCUT2D eigenvalue weighted by Gasteiger charge is 2.21. The number of rotatable bonds is 4. The van der Waals surface area contributed by atoms with Crippen molar-refractivity contribution in [3.63, 3.8) is 0 Å². The summed E-state index contributed by atoms with van der Waals surface area (Å²) in [5.74, 6) is -3.07. The number of halogens is 2. The molecule has 21 heavy (non-hydrogen) atoms. The molecule has 0 bridgehead atoms. The Bertz CT molecular complexity index is 738. The van der Waals surface area contributed by atoms with Gasteiger partial charge >= 0.3 is 17.5 Å². The van der Waals surface area contributed by atoms with Crippen LogP contribution in [0.3, 0.4) is 0 Å². The summed E-state index contributed by atoms with van der Waals surface area (Å²) in [5.41, 5.74) is -1.02. The number of ether oxygens (including phenoxy) is 1. The van der Waals surface area contributed by atoms with Crippen LogP contribution in [0, 0.1) is 15.9 Å². The molecule has 0 fully saturated rings. The lowest BCUT2D eigenvalue weighted by molar-refractivity contribution is -0.386. The number of nitro groups is 1. The van der Waals surface area contributed by atoms with Crippen LogP contribution in [0.1, 0.15) is 10.5 Å². The molecule has 1 aromatic heterocycles. The SMILES string of the molecule is O=C(O)c1ccc([N+](=O)[O-])c(Oc2cc(Br)ccc2F)n1. The highest BCUT2D eigenvalue weighted by Crippen LogP contribution is 2.32. The molecule has 1 N–H and O–H groups in total. The number of aromatic nitrogens is 1. The largest absolute Gasteiger partial charge is 0.477 e. The fourth-order valence-corrected chi connectivity index (χ4v) is 1.77. The lowest BCUT2D eigenvalue weighted by Gasteiger charge is -2.07. The molecule has 7 nitrogen and oxygen atoms in total. The molecule has 0 amide bonds. The summed E-state index contributed by atoms with van der Waals surface area (Å²) in [7, 11) is 0. The molecule has 1 aromatic carbocycles. The van der Waals surface area contributed by atoms with E-state index in [1.165, 1.54) is 12.1 Å². The van der Waals surface area contributed by atoms with Crippen molar-refractivity contribution >= 4 is 27.6 Å². The minimum absolute atomic E-state index is 0.317. The van der Waals surface area contributed by atoms with E-state index in [2.05, 4.69) is 20.9 Å². The standard InChI is InChI=1S/C12H6BrFN2O5/c13-6-1-2-7(14)10(5-6)21-11-9(16(19)20)4-3-8(15-11)12(17)18/h1-5H,(H,17,18). The Balaban J connectivity index is 2.50. The summed E-state index contributed by atoms with van der Waals surface area (Å²) in [5, 5.41) is 19.7. The van der Waals surface area contributed by atoms with Crippen LogP contribution in [-0.2, 0) is 0 Å². The summed E-state index contributed by atoms with van der Waals surface area (Å²) in [6.07, 6.45) is 0. The summed E-state index contributed by atoms with van der Waals surface area (Å²) >= 11 is 3.10. The predicted molar refractivity (Wildman–Crippen MR) is 72.0 cm³/mol. The highest BCUT2D eigenvalue weighted by molar-refractivity contribution is 9.10. The lowest BCUT2D eigenvalue weighted by atomic mass is 10.3. The first-order chi connectivity index (χ1) is 9.88. The number of benzene rings is 1. The smallest absolute Gasteiger partial charge is 0.354 e. The summed E-state index contributed by atoms with van der Waals surface area (Å²) in [4.78, 5) is 24.4. The third kappa shape index (κ3) is 3.31.